The maximum absolute atomic E-state index is 13.5. The molecule has 1 aliphatic rings. The molecule has 0 fully saturated rings. The number of alkyl halides is 1. The second-order valence-corrected chi connectivity index (χ2v) is 4.57. The molecule has 18 heavy (non-hydrogen) atoms. The van der Waals surface area contributed by atoms with Crippen molar-refractivity contribution in [1.82, 2.24) is 0 Å². The van der Waals surface area contributed by atoms with Crippen LogP contribution in [0.2, 0.25) is 0 Å². The minimum Gasteiger partial charge on any atom is -0.486 e. The molecule has 1 atom stereocenters. The van der Waals surface area contributed by atoms with E-state index in [1.807, 2.05) is 6.07 Å². The molecule has 100 valence electrons. The quantitative estimate of drug-likeness (QED) is 0.821. The Morgan fingerprint density at radius 2 is 2.06 bits per heavy atom. The third kappa shape index (κ3) is 2.93. The fraction of sp³-hybridized carbons (Fsp3) is 0.571. The summed E-state index contributed by atoms with van der Waals surface area (Å²) in [4.78, 5) is 0. The van der Waals surface area contributed by atoms with Crippen molar-refractivity contribution in [2.45, 2.75) is 32.4 Å². The van der Waals surface area contributed by atoms with Crippen LogP contribution in [-0.2, 0) is 6.42 Å². The van der Waals surface area contributed by atoms with Crippen molar-refractivity contribution >= 4 is 0 Å². The summed E-state index contributed by atoms with van der Waals surface area (Å²) in [5, 5.41) is 0. The third-order valence-electron chi connectivity index (χ3n) is 3.10. The molecule has 0 amide bonds. The van der Waals surface area contributed by atoms with Gasteiger partial charge in [-0.2, -0.15) is 0 Å². The van der Waals surface area contributed by atoms with Gasteiger partial charge in [0.25, 0.3) is 0 Å². The van der Waals surface area contributed by atoms with Crippen molar-refractivity contribution in [3.05, 3.63) is 23.3 Å². The Morgan fingerprint density at radius 1 is 1.28 bits per heavy atom. The van der Waals surface area contributed by atoms with Crippen molar-refractivity contribution in [3.8, 4) is 11.5 Å². The summed E-state index contributed by atoms with van der Waals surface area (Å²) in [6.07, 6.45) is 1.80. The number of fused-ring (bicyclic) bond motifs is 1. The van der Waals surface area contributed by atoms with E-state index in [1.54, 1.807) is 6.07 Å². The van der Waals surface area contributed by atoms with E-state index >= 15 is 0 Å². The molecule has 0 saturated heterocycles. The molecule has 1 aromatic carbocycles. The third-order valence-corrected chi connectivity index (χ3v) is 3.10. The van der Waals surface area contributed by atoms with E-state index in [1.165, 1.54) is 6.92 Å². The molecule has 0 aliphatic carbocycles. The lowest BCUT2D eigenvalue weighted by Crippen LogP contribution is -2.17. The predicted molar refractivity (Wildman–Crippen MR) is 68.9 cm³/mol. The van der Waals surface area contributed by atoms with Gasteiger partial charge in [-0.15, -0.1) is 0 Å². The summed E-state index contributed by atoms with van der Waals surface area (Å²) in [5.41, 5.74) is 7.18. The number of hydrogen-bond donors (Lipinski definition) is 1. The van der Waals surface area contributed by atoms with E-state index in [0.29, 0.717) is 31.1 Å². The van der Waals surface area contributed by atoms with Crippen LogP contribution in [0.3, 0.4) is 0 Å². The summed E-state index contributed by atoms with van der Waals surface area (Å²) in [7, 11) is 0. The first-order valence-corrected chi connectivity index (χ1v) is 6.49. The normalized spacial score (nSPS) is 15.5. The highest BCUT2D eigenvalue weighted by atomic mass is 19.1. The van der Waals surface area contributed by atoms with E-state index in [9.17, 15) is 4.39 Å². The Kier molecular flexibility index (Phi) is 4.42. The number of ether oxygens (including phenoxy) is 2. The lowest BCUT2D eigenvalue weighted by molar-refractivity contribution is 0.169. The zero-order valence-electron chi connectivity index (χ0n) is 10.7. The predicted octanol–water partition coefficient (Wildman–Crippen LogP) is 2.77. The maximum Gasteiger partial charge on any atom is 0.164 e. The van der Waals surface area contributed by atoms with Crippen LogP contribution in [0.25, 0.3) is 0 Å². The molecular formula is C14H20FNO2. The molecule has 1 aromatic rings. The minimum absolute atomic E-state index is 0.527. The zero-order valence-corrected chi connectivity index (χ0v) is 10.7. The van der Waals surface area contributed by atoms with Crippen LogP contribution in [-0.4, -0.2) is 19.8 Å². The SMILES string of the molecule is CC(F)c1cc(CCCCN)c2c(c1)OCCO2. The van der Waals surface area contributed by atoms with Gasteiger partial charge in [-0.25, -0.2) is 4.39 Å². The largest absolute Gasteiger partial charge is 0.486 e. The van der Waals surface area contributed by atoms with Crippen LogP contribution in [0.4, 0.5) is 4.39 Å². The first-order valence-electron chi connectivity index (χ1n) is 6.49. The van der Waals surface area contributed by atoms with Crippen LogP contribution >= 0.6 is 0 Å². The molecule has 0 spiro atoms. The summed E-state index contributed by atoms with van der Waals surface area (Å²) in [6.45, 7) is 3.30. The lowest BCUT2D eigenvalue weighted by Gasteiger charge is -2.22. The van der Waals surface area contributed by atoms with Gasteiger partial charge >= 0.3 is 0 Å². The van der Waals surface area contributed by atoms with E-state index in [-0.39, 0.29) is 0 Å². The van der Waals surface area contributed by atoms with Crippen LogP contribution in [0.1, 0.15) is 37.1 Å². The molecule has 0 saturated carbocycles. The highest BCUT2D eigenvalue weighted by Gasteiger charge is 2.19. The lowest BCUT2D eigenvalue weighted by atomic mass is 10.0. The molecule has 2 N–H and O–H groups in total. The molecule has 2 rings (SSSR count). The average molecular weight is 253 g/mol. The second kappa shape index (κ2) is 6.05. The number of nitrogens with two attached hydrogens (primary N) is 1. The van der Waals surface area contributed by atoms with Gasteiger partial charge in [0.05, 0.1) is 0 Å². The number of halogens is 1. The van der Waals surface area contributed by atoms with Gasteiger partial charge in [0.15, 0.2) is 11.5 Å². The number of aryl methyl sites for hydroxylation is 1. The smallest absolute Gasteiger partial charge is 0.164 e. The van der Waals surface area contributed by atoms with E-state index in [2.05, 4.69) is 0 Å². The van der Waals surface area contributed by atoms with Crippen molar-refractivity contribution < 1.29 is 13.9 Å². The summed E-state index contributed by atoms with van der Waals surface area (Å²) in [5.74, 6) is 1.45. The van der Waals surface area contributed by atoms with Gasteiger partial charge in [-0.1, -0.05) is 0 Å². The van der Waals surface area contributed by atoms with Crippen LogP contribution in [0.15, 0.2) is 12.1 Å². The number of benzene rings is 1. The fourth-order valence-electron chi connectivity index (χ4n) is 2.13. The standard InChI is InChI=1S/C14H20FNO2/c1-10(15)12-8-11(4-2-3-5-16)14-13(9-12)17-6-7-18-14/h8-10H,2-7,16H2,1H3. The topological polar surface area (TPSA) is 44.5 Å². The van der Waals surface area contributed by atoms with Crippen molar-refractivity contribution in [2.24, 2.45) is 5.73 Å². The fourth-order valence-corrected chi connectivity index (χ4v) is 2.13. The Bertz CT molecular complexity index is 407. The van der Waals surface area contributed by atoms with E-state index in [4.69, 9.17) is 15.2 Å². The first kappa shape index (κ1) is 13.1. The molecule has 1 heterocycles. The molecule has 1 aliphatic heterocycles. The Hall–Kier alpha value is -1.29. The number of unbranched alkanes of at least 4 members (excludes halogenated alkanes) is 1. The van der Waals surface area contributed by atoms with Crippen LogP contribution < -0.4 is 15.2 Å². The van der Waals surface area contributed by atoms with Gasteiger partial charge in [-0.3, -0.25) is 0 Å². The molecule has 4 heteroatoms. The van der Waals surface area contributed by atoms with Gasteiger partial charge in [0, 0.05) is 0 Å². The van der Waals surface area contributed by atoms with E-state index in [0.717, 1.165) is 30.6 Å². The van der Waals surface area contributed by atoms with Crippen molar-refractivity contribution in [1.29, 1.82) is 0 Å². The highest BCUT2D eigenvalue weighted by Crippen LogP contribution is 2.38. The van der Waals surface area contributed by atoms with Crippen LogP contribution in [0, 0.1) is 0 Å². The van der Waals surface area contributed by atoms with Gasteiger partial charge in [0.1, 0.15) is 19.4 Å². The molecule has 0 aromatic heterocycles. The molecule has 0 bridgehead atoms. The minimum atomic E-state index is -0.992. The van der Waals surface area contributed by atoms with Gasteiger partial charge in [-0.05, 0) is 56.0 Å². The maximum atomic E-state index is 13.5. The van der Waals surface area contributed by atoms with Crippen molar-refractivity contribution in [3.63, 3.8) is 0 Å². The number of hydrogen-bond acceptors (Lipinski definition) is 3. The molecule has 1 unspecified atom stereocenters. The average Bonchev–Trinajstić information content (AvgIpc) is 2.38. The first-order chi connectivity index (χ1) is 8.72. The second-order valence-electron chi connectivity index (χ2n) is 4.57. The Morgan fingerprint density at radius 3 is 2.78 bits per heavy atom. The number of rotatable bonds is 5. The monoisotopic (exact) mass is 253 g/mol. The molecule has 0 radical (unpaired) electrons. The Balaban J connectivity index is 2.26. The summed E-state index contributed by atoms with van der Waals surface area (Å²) < 4.78 is 24.6. The van der Waals surface area contributed by atoms with Crippen LogP contribution in [0.5, 0.6) is 11.5 Å². The van der Waals surface area contributed by atoms with Crippen molar-refractivity contribution in [2.75, 3.05) is 19.8 Å². The highest BCUT2D eigenvalue weighted by molar-refractivity contribution is 5.50. The zero-order chi connectivity index (χ0) is 13.0. The van der Waals surface area contributed by atoms with Gasteiger partial charge < -0.3 is 15.2 Å². The summed E-state index contributed by atoms with van der Waals surface area (Å²) in [6, 6.07) is 3.63. The van der Waals surface area contributed by atoms with E-state index < -0.39 is 6.17 Å². The van der Waals surface area contributed by atoms with Gasteiger partial charge in [0.2, 0.25) is 0 Å². The summed E-state index contributed by atoms with van der Waals surface area (Å²) >= 11 is 0. The Labute approximate surface area is 107 Å². The molecular weight excluding hydrogens is 233 g/mol. The molecule has 3 nitrogen and oxygen atoms in total.